The molecule has 4 nitrogen and oxygen atoms in total. The van der Waals surface area contributed by atoms with Crippen molar-refractivity contribution in [2.45, 2.75) is 19.3 Å². The molecule has 0 aliphatic carbocycles. The van der Waals surface area contributed by atoms with E-state index in [9.17, 15) is 0 Å². The normalized spacial score (nSPS) is 12.6. The Hall–Kier alpha value is -1.68. The van der Waals surface area contributed by atoms with Crippen molar-refractivity contribution in [3.8, 4) is 0 Å². The van der Waals surface area contributed by atoms with Crippen LogP contribution in [0.2, 0.25) is 0 Å². The third-order valence-electron chi connectivity index (χ3n) is 2.63. The minimum absolute atomic E-state index is 0.0812. The summed E-state index contributed by atoms with van der Waals surface area (Å²) in [5, 5.41) is 7.14. The van der Waals surface area contributed by atoms with Crippen molar-refractivity contribution in [2.75, 3.05) is 6.54 Å². The molecule has 1 heterocycles. The Balaban J connectivity index is 2.29. The number of nitrogens with two attached hydrogens (primary N) is 1. The molecule has 0 saturated heterocycles. The Morgan fingerprint density at radius 2 is 2.06 bits per heavy atom. The maximum Gasteiger partial charge on any atom is 0.159 e. The third kappa shape index (κ3) is 2.12. The highest BCUT2D eigenvalue weighted by Crippen LogP contribution is 2.19. The molecule has 0 radical (unpaired) electrons. The van der Waals surface area contributed by atoms with E-state index in [0.717, 1.165) is 23.6 Å². The van der Waals surface area contributed by atoms with Gasteiger partial charge in [0.25, 0.3) is 0 Å². The van der Waals surface area contributed by atoms with E-state index in [-0.39, 0.29) is 5.92 Å². The van der Waals surface area contributed by atoms with Gasteiger partial charge >= 0.3 is 0 Å². The van der Waals surface area contributed by atoms with E-state index in [1.54, 1.807) is 0 Å². The molecule has 0 aliphatic heterocycles. The number of benzene rings is 1. The van der Waals surface area contributed by atoms with Crippen molar-refractivity contribution in [3.63, 3.8) is 0 Å². The van der Waals surface area contributed by atoms with Crippen LogP contribution in [0.4, 0.5) is 0 Å². The van der Waals surface area contributed by atoms with Crippen LogP contribution in [0.1, 0.15) is 30.1 Å². The summed E-state index contributed by atoms with van der Waals surface area (Å²) in [5.74, 6) is 1.77. The molecule has 0 bridgehead atoms. The molecule has 3 N–H and O–H groups in total. The number of hydrogen-bond donors (Lipinski definition) is 2. The van der Waals surface area contributed by atoms with Crippen LogP contribution < -0.4 is 5.73 Å². The Morgan fingerprint density at radius 3 is 2.62 bits per heavy atom. The SMILES string of the molecule is CCc1nc(C(CN)c2ccccc2)n[nH]1. The molecule has 84 valence electrons. The predicted molar refractivity (Wildman–Crippen MR) is 63.1 cm³/mol. The van der Waals surface area contributed by atoms with E-state index >= 15 is 0 Å². The molecule has 4 heteroatoms. The molecule has 1 aromatic carbocycles. The van der Waals surface area contributed by atoms with Crippen LogP contribution in [0.3, 0.4) is 0 Å². The molecule has 2 aromatic rings. The lowest BCUT2D eigenvalue weighted by molar-refractivity contribution is 0.754. The van der Waals surface area contributed by atoms with Gasteiger partial charge in [0.2, 0.25) is 0 Å². The number of hydrogen-bond acceptors (Lipinski definition) is 3. The van der Waals surface area contributed by atoms with Gasteiger partial charge in [0, 0.05) is 13.0 Å². The van der Waals surface area contributed by atoms with E-state index < -0.39 is 0 Å². The average Bonchev–Trinajstić information content (AvgIpc) is 2.80. The molecule has 2 rings (SSSR count). The van der Waals surface area contributed by atoms with Gasteiger partial charge < -0.3 is 5.73 Å². The first-order chi connectivity index (χ1) is 7.85. The number of aryl methyl sites for hydroxylation is 1. The Labute approximate surface area is 94.9 Å². The van der Waals surface area contributed by atoms with E-state index in [4.69, 9.17) is 5.73 Å². The number of aromatic nitrogens is 3. The molecule has 0 fully saturated rings. The summed E-state index contributed by atoms with van der Waals surface area (Å²) >= 11 is 0. The maximum atomic E-state index is 5.79. The highest BCUT2D eigenvalue weighted by Gasteiger charge is 2.16. The fourth-order valence-corrected chi connectivity index (χ4v) is 1.70. The Bertz CT molecular complexity index is 435. The van der Waals surface area contributed by atoms with Gasteiger partial charge in [-0.3, -0.25) is 5.10 Å². The molecule has 1 atom stereocenters. The van der Waals surface area contributed by atoms with Gasteiger partial charge in [-0.15, -0.1) is 0 Å². The number of rotatable bonds is 4. The minimum Gasteiger partial charge on any atom is -0.329 e. The van der Waals surface area contributed by atoms with E-state index in [1.807, 2.05) is 25.1 Å². The first-order valence-corrected chi connectivity index (χ1v) is 5.51. The van der Waals surface area contributed by atoms with Crippen LogP contribution in [0.25, 0.3) is 0 Å². The lowest BCUT2D eigenvalue weighted by Gasteiger charge is -2.10. The van der Waals surface area contributed by atoms with Crippen LogP contribution in [-0.2, 0) is 6.42 Å². The van der Waals surface area contributed by atoms with Crippen molar-refractivity contribution >= 4 is 0 Å². The summed E-state index contributed by atoms with van der Waals surface area (Å²) in [6.45, 7) is 2.56. The summed E-state index contributed by atoms with van der Waals surface area (Å²) in [4.78, 5) is 4.43. The van der Waals surface area contributed by atoms with Crippen LogP contribution in [-0.4, -0.2) is 21.7 Å². The minimum atomic E-state index is 0.0812. The second kappa shape index (κ2) is 4.90. The van der Waals surface area contributed by atoms with Crippen LogP contribution >= 0.6 is 0 Å². The van der Waals surface area contributed by atoms with Crippen LogP contribution in [0.15, 0.2) is 30.3 Å². The zero-order valence-electron chi connectivity index (χ0n) is 9.35. The maximum absolute atomic E-state index is 5.79. The molecule has 1 unspecified atom stereocenters. The van der Waals surface area contributed by atoms with E-state index in [0.29, 0.717) is 6.54 Å². The second-order valence-corrected chi connectivity index (χ2v) is 3.69. The zero-order valence-corrected chi connectivity index (χ0v) is 9.35. The summed E-state index contributed by atoms with van der Waals surface area (Å²) in [7, 11) is 0. The molecule has 0 saturated carbocycles. The summed E-state index contributed by atoms with van der Waals surface area (Å²) in [6, 6.07) is 10.1. The molecule has 0 aliphatic rings. The van der Waals surface area contributed by atoms with Crippen LogP contribution in [0.5, 0.6) is 0 Å². The van der Waals surface area contributed by atoms with Crippen molar-refractivity contribution < 1.29 is 0 Å². The van der Waals surface area contributed by atoms with Crippen molar-refractivity contribution in [1.82, 2.24) is 15.2 Å². The first kappa shape index (κ1) is 10.8. The lowest BCUT2D eigenvalue weighted by Crippen LogP contribution is -2.15. The molecule has 16 heavy (non-hydrogen) atoms. The Morgan fingerprint density at radius 1 is 1.31 bits per heavy atom. The first-order valence-electron chi connectivity index (χ1n) is 5.51. The van der Waals surface area contributed by atoms with Gasteiger partial charge in [0.05, 0.1) is 5.92 Å². The topological polar surface area (TPSA) is 67.6 Å². The zero-order chi connectivity index (χ0) is 11.4. The van der Waals surface area contributed by atoms with Gasteiger partial charge in [0.1, 0.15) is 5.82 Å². The molecular weight excluding hydrogens is 200 g/mol. The number of nitrogens with one attached hydrogen (secondary N) is 1. The molecule has 0 amide bonds. The Kier molecular flexibility index (Phi) is 3.31. The largest absolute Gasteiger partial charge is 0.329 e. The van der Waals surface area contributed by atoms with Crippen molar-refractivity contribution in [2.24, 2.45) is 5.73 Å². The summed E-state index contributed by atoms with van der Waals surface area (Å²) in [5.41, 5.74) is 6.95. The average molecular weight is 216 g/mol. The van der Waals surface area contributed by atoms with Gasteiger partial charge in [-0.1, -0.05) is 37.3 Å². The van der Waals surface area contributed by atoms with Gasteiger partial charge in [-0.25, -0.2) is 4.98 Å². The fourth-order valence-electron chi connectivity index (χ4n) is 1.70. The highest BCUT2D eigenvalue weighted by atomic mass is 15.2. The quantitative estimate of drug-likeness (QED) is 0.813. The van der Waals surface area contributed by atoms with E-state index in [2.05, 4.69) is 27.3 Å². The highest BCUT2D eigenvalue weighted by molar-refractivity contribution is 5.25. The standard InChI is InChI=1S/C12H16N4/c1-2-11-14-12(16-15-11)10(8-13)9-6-4-3-5-7-9/h3-7,10H,2,8,13H2,1H3,(H,14,15,16). The lowest BCUT2D eigenvalue weighted by atomic mass is 9.99. The van der Waals surface area contributed by atoms with E-state index in [1.165, 1.54) is 0 Å². The van der Waals surface area contributed by atoms with Gasteiger partial charge in [-0.2, -0.15) is 5.10 Å². The van der Waals surface area contributed by atoms with Gasteiger partial charge in [0.15, 0.2) is 5.82 Å². The van der Waals surface area contributed by atoms with Crippen molar-refractivity contribution in [3.05, 3.63) is 47.5 Å². The van der Waals surface area contributed by atoms with Crippen molar-refractivity contribution in [1.29, 1.82) is 0 Å². The molecular formula is C12H16N4. The van der Waals surface area contributed by atoms with Crippen LogP contribution in [0, 0.1) is 0 Å². The molecule has 0 spiro atoms. The summed E-state index contributed by atoms with van der Waals surface area (Å²) in [6.07, 6.45) is 0.860. The fraction of sp³-hybridized carbons (Fsp3) is 0.333. The predicted octanol–water partition coefficient (Wildman–Crippen LogP) is 1.46. The summed E-state index contributed by atoms with van der Waals surface area (Å²) < 4.78 is 0. The number of H-pyrrole nitrogens is 1. The third-order valence-corrected chi connectivity index (χ3v) is 2.63. The molecule has 1 aromatic heterocycles. The smallest absolute Gasteiger partial charge is 0.159 e. The van der Waals surface area contributed by atoms with Gasteiger partial charge in [-0.05, 0) is 5.56 Å². The second-order valence-electron chi connectivity index (χ2n) is 3.69. The number of aromatic amines is 1. The monoisotopic (exact) mass is 216 g/mol. The number of nitrogens with zero attached hydrogens (tertiary/aromatic N) is 2.